The van der Waals surface area contributed by atoms with Gasteiger partial charge in [-0.3, -0.25) is 9.69 Å². The lowest BCUT2D eigenvalue weighted by Gasteiger charge is -2.22. The Kier molecular flexibility index (Phi) is 5.13. The van der Waals surface area contributed by atoms with E-state index in [0.717, 1.165) is 50.4 Å². The maximum absolute atomic E-state index is 13.0. The van der Waals surface area contributed by atoms with Gasteiger partial charge in [-0.15, -0.1) is 11.3 Å². The third-order valence-electron chi connectivity index (χ3n) is 4.70. The minimum Gasteiger partial charge on any atom is -0.337 e. The first-order valence-electron chi connectivity index (χ1n) is 8.94. The van der Waals surface area contributed by atoms with E-state index in [9.17, 15) is 4.79 Å². The second kappa shape index (κ2) is 7.85. The van der Waals surface area contributed by atoms with Crippen molar-refractivity contribution in [2.75, 3.05) is 26.2 Å². The van der Waals surface area contributed by atoms with E-state index < -0.39 is 0 Å². The third-order valence-corrected chi connectivity index (χ3v) is 5.56. The van der Waals surface area contributed by atoms with Gasteiger partial charge in [0.25, 0.3) is 5.91 Å². The fourth-order valence-electron chi connectivity index (χ4n) is 3.34. The Morgan fingerprint density at radius 3 is 2.85 bits per heavy atom. The predicted octanol–water partition coefficient (Wildman–Crippen LogP) is 3.28. The van der Waals surface area contributed by atoms with Crippen molar-refractivity contribution in [3.8, 4) is 5.69 Å². The van der Waals surface area contributed by atoms with E-state index in [-0.39, 0.29) is 5.91 Å². The van der Waals surface area contributed by atoms with E-state index >= 15 is 0 Å². The average Bonchev–Trinajstić information content (AvgIpc) is 3.33. The Morgan fingerprint density at radius 2 is 2.04 bits per heavy atom. The first kappa shape index (κ1) is 17.0. The van der Waals surface area contributed by atoms with E-state index in [2.05, 4.69) is 27.5 Å². The third kappa shape index (κ3) is 3.86. The monoisotopic (exact) mass is 366 g/mol. The van der Waals surface area contributed by atoms with Gasteiger partial charge in [-0.1, -0.05) is 12.1 Å². The maximum atomic E-state index is 13.0. The van der Waals surface area contributed by atoms with E-state index in [1.807, 2.05) is 41.4 Å². The van der Waals surface area contributed by atoms with Crippen LogP contribution in [0.5, 0.6) is 0 Å². The van der Waals surface area contributed by atoms with Crippen LogP contribution >= 0.6 is 11.3 Å². The topological polar surface area (TPSA) is 41.4 Å². The summed E-state index contributed by atoms with van der Waals surface area (Å²) in [5.74, 6) is 0.108. The number of hydrogen-bond donors (Lipinski definition) is 0. The van der Waals surface area contributed by atoms with Crippen LogP contribution in [0.4, 0.5) is 0 Å². The number of hydrogen-bond acceptors (Lipinski definition) is 4. The fourth-order valence-corrected chi connectivity index (χ4v) is 4.09. The van der Waals surface area contributed by atoms with Crippen molar-refractivity contribution in [1.29, 1.82) is 0 Å². The molecule has 1 amide bonds. The summed E-state index contributed by atoms with van der Waals surface area (Å²) in [4.78, 5) is 18.8. The number of carbonyl (C=O) groups is 1. The summed E-state index contributed by atoms with van der Waals surface area (Å²) < 4.78 is 1.78. The van der Waals surface area contributed by atoms with Crippen LogP contribution in [-0.2, 0) is 6.54 Å². The SMILES string of the molecule is O=C(c1cccc(-n2cccn2)c1)N1CCCN(Cc2cccs2)CC1. The zero-order valence-electron chi connectivity index (χ0n) is 14.6. The highest BCUT2D eigenvalue weighted by Crippen LogP contribution is 2.16. The Balaban J connectivity index is 1.43. The molecule has 5 nitrogen and oxygen atoms in total. The van der Waals surface area contributed by atoms with Gasteiger partial charge in [0.2, 0.25) is 0 Å². The van der Waals surface area contributed by atoms with Crippen LogP contribution in [0.2, 0.25) is 0 Å². The summed E-state index contributed by atoms with van der Waals surface area (Å²) in [6.07, 6.45) is 4.64. The van der Waals surface area contributed by atoms with E-state index in [0.29, 0.717) is 0 Å². The Bertz CT molecular complexity index is 845. The summed E-state index contributed by atoms with van der Waals surface area (Å²) in [7, 11) is 0. The van der Waals surface area contributed by atoms with Crippen molar-refractivity contribution in [2.24, 2.45) is 0 Å². The van der Waals surface area contributed by atoms with Crippen molar-refractivity contribution in [1.82, 2.24) is 19.6 Å². The molecule has 1 aromatic carbocycles. The van der Waals surface area contributed by atoms with Gasteiger partial charge in [-0.25, -0.2) is 4.68 Å². The Hall–Kier alpha value is -2.44. The molecule has 0 saturated carbocycles. The number of amides is 1. The van der Waals surface area contributed by atoms with Gasteiger partial charge in [0.05, 0.1) is 5.69 Å². The van der Waals surface area contributed by atoms with Crippen LogP contribution < -0.4 is 0 Å². The van der Waals surface area contributed by atoms with E-state index in [1.54, 1.807) is 22.2 Å². The molecule has 26 heavy (non-hydrogen) atoms. The molecule has 1 aliphatic rings. The van der Waals surface area contributed by atoms with Crippen LogP contribution in [0.3, 0.4) is 0 Å². The largest absolute Gasteiger partial charge is 0.337 e. The van der Waals surface area contributed by atoms with Gasteiger partial charge in [0, 0.05) is 55.6 Å². The molecule has 3 aromatic rings. The minimum absolute atomic E-state index is 0.108. The van der Waals surface area contributed by atoms with Crippen molar-refractivity contribution < 1.29 is 4.79 Å². The summed E-state index contributed by atoms with van der Waals surface area (Å²) in [6, 6.07) is 13.9. The van der Waals surface area contributed by atoms with Crippen LogP contribution in [0, 0.1) is 0 Å². The molecule has 0 N–H and O–H groups in total. The van der Waals surface area contributed by atoms with E-state index in [1.165, 1.54) is 4.88 Å². The molecule has 1 saturated heterocycles. The van der Waals surface area contributed by atoms with Gasteiger partial charge >= 0.3 is 0 Å². The Morgan fingerprint density at radius 1 is 1.08 bits per heavy atom. The standard InChI is InChI=1S/C20H22N4OS/c25-20(17-5-1-6-18(15-17)24-11-3-8-21-24)23-10-4-9-22(12-13-23)16-19-7-2-14-26-19/h1-3,5-8,11,14-15H,4,9-10,12-13,16H2. The lowest BCUT2D eigenvalue weighted by Crippen LogP contribution is -2.35. The van der Waals surface area contributed by atoms with Gasteiger partial charge in [-0.05, 0) is 42.1 Å². The van der Waals surface area contributed by atoms with Crippen LogP contribution in [0.15, 0.2) is 60.2 Å². The molecular weight excluding hydrogens is 344 g/mol. The quantitative estimate of drug-likeness (QED) is 0.712. The molecule has 2 aromatic heterocycles. The normalized spacial score (nSPS) is 15.8. The zero-order valence-corrected chi connectivity index (χ0v) is 15.4. The van der Waals surface area contributed by atoms with Crippen LogP contribution in [0.1, 0.15) is 21.7 Å². The molecule has 134 valence electrons. The molecule has 3 heterocycles. The predicted molar refractivity (Wildman–Crippen MR) is 104 cm³/mol. The lowest BCUT2D eigenvalue weighted by atomic mass is 10.1. The molecule has 1 fully saturated rings. The molecule has 0 radical (unpaired) electrons. The van der Waals surface area contributed by atoms with Crippen molar-refractivity contribution >= 4 is 17.2 Å². The zero-order chi connectivity index (χ0) is 17.8. The first-order chi connectivity index (χ1) is 12.8. The highest BCUT2D eigenvalue weighted by atomic mass is 32.1. The Labute approximate surface area is 157 Å². The molecule has 0 atom stereocenters. The molecule has 0 aliphatic carbocycles. The highest BCUT2D eigenvalue weighted by Gasteiger charge is 2.21. The van der Waals surface area contributed by atoms with E-state index in [4.69, 9.17) is 0 Å². The van der Waals surface area contributed by atoms with Gasteiger partial charge in [0.1, 0.15) is 0 Å². The number of carbonyl (C=O) groups excluding carboxylic acids is 1. The fraction of sp³-hybridized carbons (Fsp3) is 0.300. The van der Waals surface area contributed by atoms with Crippen LogP contribution in [-0.4, -0.2) is 51.7 Å². The lowest BCUT2D eigenvalue weighted by molar-refractivity contribution is 0.0761. The smallest absolute Gasteiger partial charge is 0.253 e. The molecule has 0 unspecified atom stereocenters. The van der Waals surface area contributed by atoms with Crippen molar-refractivity contribution in [2.45, 2.75) is 13.0 Å². The molecule has 4 rings (SSSR count). The highest BCUT2D eigenvalue weighted by molar-refractivity contribution is 7.09. The number of rotatable bonds is 4. The molecule has 6 heteroatoms. The summed E-state index contributed by atoms with van der Waals surface area (Å²) in [6.45, 7) is 4.52. The molecule has 1 aliphatic heterocycles. The summed E-state index contributed by atoms with van der Waals surface area (Å²) in [5, 5.41) is 6.37. The second-order valence-electron chi connectivity index (χ2n) is 6.50. The first-order valence-corrected chi connectivity index (χ1v) is 9.82. The van der Waals surface area contributed by atoms with Gasteiger partial charge < -0.3 is 4.90 Å². The number of benzene rings is 1. The maximum Gasteiger partial charge on any atom is 0.253 e. The minimum atomic E-state index is 0.108. The molecule has 0 spiro atoms. The van der Waals surface area contributed by atoms with Crippen molar-refractivity contribution in [3.63, 3.8) is 0 Å². The average molecular weight is 366 g/mol. The van der Waals surface area contributed by atoms with Crippen molar-refractivity contribution in [3.05, 3.63) is 70.7 Å². The number of nitrogens with zero attached hydrogens (tertiary/aromatic N) is 4. The molecular formula is C20H22N4OS. The van der Waals surface area contributed by atoms with Gasteiger partial charge in [0.15, 0.2) is 0 Å². The number of thiophene rings is 1. The van der Waals surface area contributed by atoms with Gasteiger partial charge in [-0.2, -0.15) is 5.10 Å². The number of aromatic nitrogens is 2. The summed E-state index contributed by atoms with van der Waals surface area (Å²) >= 11 is 1.80. The molecule has 0 bridgehead atoms. The summed E-state index contributed by atoms with van der Waals surface area (Å²) in [5.41, 5.74) is 1.64. The van der Waals surface area contributed by atoms with Crippen LogP contribution in [0.25, 0.3) is 5.69 Å². The second-order valence-corrected chi connectivity index (χ2v) is 7.53.